The van der Waals surface area contributed by atoms with Crippen molar-refractivity contribution in [2.45, 2.75) is 45.6 Å². The zero-order valence-corrected chi connectivity index (χ0v) is 14.9. The van der Waals surface area contributed by atoms with Crippen LogP contribution in [0.3, 0.4) is 0 Å². The van der Waals surface area contributed by atoms with E-state index in [1.54, 1.807) is 0 Å². The van der Waals surface area contributed by atoms with Gasteiger partial charge in [0.25, 0.3) is 0 Å². The highest BCUT2D eigenvalue weighted by atomic mass is 32.1. The normalized spacial score (nSPS) is 26.2. The summed E-state index contributed by atoms with van der Waals surface area (Å²) < 4.78 is 0. The van der Waals surface area contributed by atoms with Crippen molar-refractivity contribution in [3.8, 4) is 0 Å². The summed E-state index contributed by atoms with van der Waals surface area (Å²) in [5.74, 6) is 0.273. The maximum absolute atomic E-state index is 12.1. The molecule has 2 fully saturated rings. The molecule has 2 aliphatic heterocycles. The minimum atomic E-state index is 0.167. The zero-order chi connectivity index (χ0) is 16.3. The van der Waals surface area contributed by atoms with Gasteiger partial charge in [0.05, 0.1) is 0 Å². The van der Waals surface area contributed by atoms with E-state index in [4.69, 9.17) is 5.11 Å². The molecule has 5 heteroatoms. The molecule has 3 heterocycles. The summed E-state index contributed by atoms with van der Waals surface area (Å²) in [5, 5.41) is 9.05. The Morgan fingerprint density at radius 2 is 2.17 bits per heavy atom. The number of likely N-dealkylation sites (tertiary alicyclic amines) is 2. The molecule has 128 valence electrons. The first-order valence-electron chi connectivity index (χ1n) is 8.77. The van der Waals surface area contributed by atoms with Crippen LogP contribution in [0.5, 0.6) is 0 Å². The number of amides is 1. The van der Waals surface area contributed by atoms with Crippen molar-refractivity contribution in [2.75, 3.05) is 32.8 Å². The van der Waals surface area contributed by atoms with Gasteiger partial charge in [-0.3, -0.25) is 9.69 Å². The minimum absolute atomic E-state index is 0.167. The highest BCUT2D eigenvalue weighted by Gasteiger charge is 2.41. The van der Waals surface area contributed by atoms with Crippen LogP contribution in [0.1, 0.15) is 41.9 Å². The van der Waals surface area contributed by atoms with Gasteiger partial charge in [-0.2, -0.15) is 0 Å². The van der Waals surface area contributed by atoms with E-state index in [-0.39, 0.29) is 17.9 Å². The monoisotopic (exact) mass is 336 g/mol. The maximum atomic E-state index is 12.1. The van der Waals surface area contributed by atoms with Crippen LogP contribution in [-0.2, 0) is 11.3 Å². The van der Waals surface area contributed by atoms with Gasteiger partial charge in [0, 0.05) is 54.4 Å². The lowest BCUT2D eigenvalue weighted by atomic mass is 9.73. The predicted octanol–water partition coefficient (Wildman–Crippen LogP) is 2.64. The van der Waals surface area contributed by atoms with E-state index < -0.39 is 0 Å². The van der Waals surface area contributed by atoms with Crippen LogP contribution in [0.15, 0.2) is 12.1 Å². The molecule has 0 aliphatic carbocycles. The Balaban J connectivity index is 1.63. The smallest absolute Gasteiger partial charge is 0.222 e. The summed E-state index contributed by atoms with van der Waals surface area (Å²) in [5.41, 5.74) is 0.272. The molecule has 1 N–H and O–H groups in total. The van der Waals surface area contributed by atoms with Gasteiger partial charge in [-0.25, -0.2) is 0 Å². The summed E-state index contributed by atoms with van der Waals surface area (Å²) in [6, 6.07) is 4.45. The van der Waals surface area contributed by atoms with Crippen LogP contribution in [0.25, 0.3) is 0 Å². The van der Waals surface area contributed by atoms with Gasteiger partial charge in [0.2, 0.25) is 5.91 Å². The van der Waals surface area contributed by atoms with E-state index in [9.17, 15) is 4.79 Å². The molecule has 0 aromatic carbocycles. The van der Waals surface area contributed by atoms with Crippen molar-refractivity contribution < 1.29 is 9.90 Å². The topological polar surface area (TPSA) is 43.8 Å². The first-order valence-corrected chi connectivity index (χ1v) is 9.58. The molecule has 1 atom stereocenters. The summed E-state index contributed by atoms with van der Waals surface area (Å²) >= 11 is 1.89. The van der Waals surface area contributed by atoms with Crippen molar-refractivity contribution in [3.05, 3.63) is 21.9 Å². The van der Waals surface area contributed by atoms with E-state index in [0.29, 0.717) is 19.4 Å². The third-order valence-electron chi connectivity index (χ3n) is 5.25. The second-order valence-corrected chi connectivity index (χ2v) is 8.59. The number of carbonyl (C=O) groups is 1. The quantitative estimate of drug-likeness (QED) is 0.899. The van der Waals surface area contributed by atoms with Gasteiger partial charge in [-0.1, -0.05) is 0 Å². The number of piperidine rings is 2. The third-order valence-corrected chi connectivity index (χ3v) is 6.24. The Morgan fingerprint density at radius 3 is 2.91 bits per heavy atom. The molecule has 0 unspecified atom stereocenters. The average molecular weight is 337 g/mol. The van der Waals surface area contributed by atoms with Gasteiger partial charge in [0.15, 0.2) is 0 Å². The maximum Gasteiger partial charge on any atom is 0.222 e. The Hall–Kier alpha value is -0.910. The van der Waals surface area contributed by atoms with E-state index in [1.807, 2.05) is 16.2 Å². The fraction of sp³-hybridized carbons (Fsp3) is 0.722. The Kier molecular flexibility index (Phi) is 5.39. The van der Waals surface area contributed by atoms with Gasteiger partial charge < -0.3 is 10.0 Å². The van der Waals surface area contributed by atoms with Gasteiger partial charge in [-0.15, -0.1) is 11.3 Å². The summed E-state index contributed by atoms with van der Waals surface area (Å²) in [6.45, 7) is 7.24. The molecule has 0 saturated carbocycles. The molecule has 3 rings (SSSR count). The van der Waals surface area contributed by atoms with Crippen LogP contribution < -0.4 is 0 Å². The molecular weight excluding hydrogens is 308 g/mol. The highest BCUT2D eigenvalue weighted by molar-refractivity contribution is 7.11. The molecule has 23 heavy (non-hydrogen) atoms. The van der Waals surface area contributed by atoms with Crippen LogP contribution in [-0.4, -0.2) is 53.6 Å². The average Bonchev–Trinajstić information content (AvgIpc) is 2.94. The zero-order valence-electron chi connectivity index (χ0n) is 14.1. The second kappa shape index (κ2) is 7.32. The largest absolute Gasteiger partial charge is 0.396 e. The Bertz CT molecular complexity index is 545. The van der Waals surface area contributed by atoms with Crippen molar-refractivity contribution in [1.29, 1.82) is 0 Å². The number of nitrogens with zero attached hydrogens (tertiary/aromatic N) is 2. The molecule has 2 aliphatic rings. The number of aryl methyl sites for hydroxylation is 1. The van der Waals surface area contributed by atoms with Crippen LogP contribution in [0.2, 0.25) is 0 Å². The van der Waals surface area contributed by atoms with E-state index in [2.05, 4.69) is 24.0 Å². The summed E-state index contributed by atoms with van der Waals surface area (Å²) in [7, 11) is 0. The number of rotatable bonds is 5. The molecule has 2 saturated heterocycles. The van der Waals surface area contributed by atoms with Gasteiger partial charge in [-0.05, 0) is 51.3 Å². The second-order valence-electron chi connectivity index (χ2n) is 7.22. The molecule has 0 radical (unpaired) electrons. The first kappa shape index (κ1) is 16.9. The standard InChI is InChI=1S/C18H28N2O2S/c1-15-4-5-16(23-15)12-19-9-2-7-18(13-19)8-6-17(22)20(14-18)10-3-11-21/h4-5,21H,2-3,6-14H2,1H3/t18-/m0/s1. The Labute approximate surface area is 143 Å². The number of hydrogen-bond donors (Lipinski definition) is 1. The fourth-order valence-electron chi connectivity index (χ4n) is 4.14. The highest BCUT2D eigenvalue weighted by Crippen LogP contribution is 2.39. The number of aliphatic hydroxyl groups excluding tert-OH is 1. The Morgan fingerprint density at radius 1 is 1.30 bits per heavy atom. The predicted molar refractivity (Wildman–Crippen MR) is 93.5 cm³/mol. The fourth-order valence-corrected chi connectivity index (χ4v) is 5.07. The molecule has 1 aromatic rings. The number of hydrogen-bond acceptors (Lipinski definition) is 4. The van der Waals surface area contributed by atoms with Crippen molar-refractivity contribution in [2.24, 2.45) is 5.41 Å². The van der Waals surface area contributed by atoms with Crippen molar-refractivity contribution in [1.82, 2.24) is 9.80 Å². The number of carbonyl (C=O) groups excluding carboxylic acids is 1. The van der Waals surface area contributed by atoms with Crippen molar-refractivity contribution in [3.63, 3.8) is 0 Å². The lowest BCUT2D eigenvalue weighted by Crippen LogP contribution is -2.54. The molecule has 1 amide bonds. The van der Waals surface area contributed by atoms with E-state index >= 15 is 0 Å². The van der Waals surface area contributed by atoms with Gasteiger partial charge >= 0.3 is 0 Å². The molecule has 4 nitrogen and oxygen atoms in total. The van der Waals surface area contributed by atoms with Crippen LogP contribution >= 0.6 is 11.3 Å². The first-order chi connectivity index (χ1) is 11.1. The van der Waals surface area contributed by atoms with E-state index in [0.717, 1.165) is 26.1 Å². The minimum Gasteiger partial charge on any atom is -0.396 e. The van der Waals surface area contributed by atoms with Crippen molar-refractivity contribution >= 4 is 17.2 Å². The van der Waals surface area contributed by atoms with Gasteiger partial charge in [0.1, 0.15) is 0 Å². The molecule has 1 aromatic heterocycles. The van der Waals surface area contributed by atoms with E-state index in [1.165, 1.54) is 29.1 Å². The lowest BCUT2D eigenvalue weighted by Gasteiger charge is -2.48. The molecule has 0 bridgehead atoms. The third kappa shape index (κ3) is 4.14. The van der Waals surface area contributed by atoms with Crippen LogP contribution in [0, 0.1) is 12.3 Å². The summed E-state index contributed by atoms with van der Waals surface area (Å²) in [6.07, 6.45) is 4.86. The SMILES string of the molecule is Cc1ccc(CN2CCC[C@]3(CCC(=O)N(CCCO)C3)C2)s1. The lowest BCUT2D eigenvalue weighted by molar-refractivity contribution is -0.139. The van der Waals surface area contributed by atoms with Crippen LogP contribution in [0.4, 0.5) is 0 Å². The molecular formula is C18H28N2O2S. The number of aliphatic hydroxyl groups is 1. The number of thiophene rings is 1. The molecule has 1 spiro atoms. The summed E-state index contributed by atoms with van der Waals surface area (Å²) in [4.78, 5) is 19.5.